The smallest absolute Gasteiger partial charge is 0.397 e. The fourth-order valence-electron chi connectivity index (χ4n) is 2.73. The second kappa shape index (κ2) is 9.69. The molecular weight excluding hydrogens is 443 g/mol. The summed E-state index contributed by atoms with van der Waals surface area (Å²) in [7, 11) is 0. The van der Waals surface area contributed by atoms with E-state index in [0.717, 1.165) is 0 Å². The third-order valence-corrected chi connectivity index (χ3v) is 5.00. The average molecular weight is 459 g/mol. The quantitative estimate of drug-likeness (QED) is 0.336. The molecule has 0 bridgehead atoms. The molecule has 0 N–H and O–H groups in total. The largest absolute Gasteiger partial charge is 0.454 e. The van der Waals surface area contributed by atoms with Gasteiger partial charge in [-0.2, -0.15) is 13.2 Å². The molecule has 0 aliphatic rings. The molecule has 8 heteroatoms. The molecule has 3 rings (SSSR count). The lowest BCUT2D eigenvalue weighted by molar-refractivity contribution is -0.163. The van der Waals surface area contributed by atoms with Gasteiger partial charge in [0.05, 0.1) is 23.3 Å². The number of halogens is 6. The zero-order valence-corrected chi connectivity index (χ0v) is 16.9. The molecule has 0 aliphatic heterocycles. The lowest BCUT2D eigenvalue weighted by Gasteiger charge is -2.21. The summed E-state index contributed by atoms with van der Waals surface area (Å²) in [6.45, 7) is -0.785. The van der Waals surface area contributed by atoms with E-state index in [1.54, 1.807) is 30.3 Å². The third kappa shape index (κ3) is 5.88. The SMILES string of the molecule is Fc1ccc(COCC(c2ccc(Cl)c(Cl)c2)C(F)(F)F)cc1Oc1ccccc1. The highest BCUT2D eigenvalue weighted by Crippen LogP contribution is 2.37. The van der Waals surface area contributed by atoms with Crippen molar-refractivity contribution in [3.8, 4) is 11.5 Å². The van der Waals surface area contributed by atoms with Gasteiger partial charge < -0.3 is 9.47 Å². The van der Waals surface area contributed by atoms with Crippen molar-refractivity contribution in [2.24, 2.45) is 0 Å². The first kappa shape index (κ1) is 22.4. The van der Waals surface area contributed by atoms with E-state index in [-0.39, 0.29) is 28.0 Å². The van der Waals surface area contributed by atoms with E-state index >= 15 is 0 Å². The zero-order chi connectivity index (χ0) is 21.7. The molecule has 2 nitrogen and oxygen atoms in total. The monoisotopic (exact) mass is 458 g/mol. The maximum atomic E-state index is 14.0. The van der Waals surface area contributed by atoms with E-state index in [9.17, 15) is 17.6 Å². The maximum Gasteiger partial charge on any atom is 0.397 e. The standard InChI is InChI=1S/C22H16Cl2F4O2/c23-18-8-7-15(11-19(18)24)17(22(26,27)28)13-29-12-14-6-9-20(25)21(10-14)30-16-4-2-1-3-5-16/h1-11,17H,12-13H2. The van der Waals surface area contributed by atoms with E-state index in [1.807, 2.05) is 0 Å². The van der Waals surface area contributed by atoms with Crippen LogP contribution < -0.4 is 4.74 Å². The number of para-hydroxylation sites is 1. The molecule has 0 spiro atoms. The lowest BCUT2D eigenvalue weighted by Crippen LogP contribution is -2.25. The summed E-state index contributed by atoms with van der Waals surface area (Å²) in [5.74, 6) is -2.08. The molecule has 158 valence electrons. The fourth-order valence-corrected chi connectivity index (χ4v) is 3.04. The zero-order valence-electron chi connectivity index (χ0n) is 15.4. The number of ether oxygens (including phenoxy) is 2. The number of hydrogen-bond acceptors (Lipinski definition) is 2. The molecule has 0 aliphatic carbocycles. The molecule has 3 aromatic rings. The van der Waals surface area contributed by atoms with Crippen LogP contribution >= 0.6 is 23.2 Å². The highest BCUT2D eigenvalue weighted by Gasteiger charge is 2.41. The Hall–Kier alpha value is -2.28. The Labute approximate surface area is 181 Å². The van der Waals surface area contributed by atoms with Crippen molar-refractivity contribution >= 4 is 23.2 Å². The van der Waals surface area contributed by atoms with Crippen LogP contribution in [-0.4, -0.2) is 12.8 Å². The van der Waals surface area contributed by atoms with Gasteiger partial charge in [0.2, 0.25) is 0 Å². The number of rotatable bonds is 7. The van der Waals surface area contributed by atoms with Crippen molar-refractivity contribution in [2.45, 2.75) is 18.7 Å². The molecule has 1 atom stereocenters. The summed E-state index contributed by atoms with van der Waals surface area (Å²) in [6.07, 6.45) is -4.54. The molecule has 30 heavy (non-hydrogen) atoms. The molecule has 0 amide bonds. The fraction of sp³-hybridized carbons (Fsp3) is 0.182. The lowest BCUT2D eigenvalue weighted by atomic mass is 9.99. The Bertz CT molecular complexity index is 994. The minimum Gasteiger partial charge on any atom is -0.454 e. The highest BCUT2D eigenvalue weighted by atomic mass is 35.5. The second-order valence-electron chi connectivity index (χ2n) is 6.46. The number of alkyl halides is 3. The molecular formula is C22H16Cl2F4O2. The van der Waals surface area contributed by atoms with E-state index in [0.29, 0.717) is 11.3 Å². The summed E-state index contributed by atoms with van der Waals surface area (Å²) in [5, 5.41) is 0.198. The summed E-state index contributed by atoms with van der Waals surface area (Å²) >= 11 is 11.6. The summed E-state index contributed by atoms with van der Waals surface area (Å²) in [5.41, 5.74) is 0.418. The second-order valence-corrected chi connectivity index (χ2v) is 7.28. The van der Waals surface area contributed by atoms with Gasteiger partial charge in [-0.25, -0.2) is 4.39 Å². The van der Waals surface area contributed by atoms with Crippen LogP contribution in [0.2, 0.25) is 10.0 Å². The number of benzene rings is 3. The normalized spacial score (nSPS) is 12.6. The van der Waals surface area contributed by atoms with E-state index < -0.39 is 24.5 Å². The molecule has 0 heterocycles. The van der Waals surface area contributed by atoms with Crippen LogP contribution in [0.4, 0.5) is 17.6 Å². The van der Waals surface area contributed by atoms with Crippen molar-refractivity contribution in [1.82, 2.24) is 0 Å². The van der Waals surface area contributed by atoms with Gasteiger partial charge >= 0.3 is 6.18 Å². The Morgan fingerprint density at radius 2 is 1.60 bits per heavy atom. The van der Waals surface area contributed by atoms with Gasteiger partial charge in [0.1, 0.15) is 11.7 Å². The Morgan fingerprint density at radius 3 is 2.27 bits per heavy atom. The molecule has 0 saturated carbocycles. The Morgan fingerprint density at radius 1 is 0.867 bits per heavy atom. The van der Waals surface area contributed by atoms with Gasteiger partial charge in [-0.15, -0.1) is 0 Å². The predicted molar refractivity (Wildman–Crippen MR) is 108 cm³/mol. The van der Waals surface area contributed by atoms with Crippen LogP contribution in [0.3, 0.4) is 0 Å². The summed E-state index contributed by atoms with van der Waals surface area (Å²) < 4.78 is 65.3. The van der Waals surface area contributed by atoms with Gasteiger partial charge in [0.25, 0.3) is 0 Å². The first-order valence-corrected chi connectivity index (χ1v) is 9.60. The van der Waals surface area contributed by atoms with E-state index in [2.05, 4.69) is 0 Å². The molecule has 0 saturated heterocycles. The van der Waals surface area contributed by atoms with Crippen molar-refractivity contribution in [1.29, 1.82) is 0 Å². The Kier molecular flexibility index (Phi) is 7.23. The molecule has 0 aromatic heterocycles. The van der Waals surface area contributed by atoms with Crippen LogP contribution in [0, 0.1) is 5.82 Å². The van der Waals surface area contributed by atoms with Gasteiger partial charge in [-0.1, -0.05) is 53.5 Å². The average Bonchev–Trinajstić information content (AvgIpc) is 2.70. The van der Waals surface area contributed by atoms with Crippen LogP contribution in [0.25, 0.3) is 0 Å². The van der Waals surface area contributed by atoms with E-state index in [1.165, 1.54) is 36.4 Å². The Balaban J connectivity index is 1.69. The summed E-state index contributed by atoms with van der Waals surface area (Å²) in [4.78, 5) is 0. The van der Waals surface area contributed by atoms with Crippen LogP contribution in [-0.2, 0) is 11.3 Å². The van der Waals surface area contributed by atoms with E-state index in [4.69, 9.17) is 32.7 Å². The van der Waals surface area contributed by atoms with Crippen LogP contribution in [0.15, 0.2) is 66.7 Å². The highest BCUT2D eigenvalue weighted by molar-refractivity contribution is 6.42. The molecule has 1 unspecified atom stereocenters. The molecule has 0 fully saturated rings. The van der Waals surface area contributed by atoms with Crippen molar-refractivity contribution in [3.63, 3.8) is 0 Å². The van der Waals surface area contributed by atoms with Crippen molar-refractivity contribution < 1.29 is 27.0 Å². The van der Waals surface area contributed by atoms with Crippen LogP contribution in [0.1, 0.15) is 17.0 Å². The first-order chi connectivity index (χ1) is 14.2. The van der Waals surface area contributed by atoms with Gasteiger partial charge in [0, 0.05) is 0 Å². The van der Waals surface area contributed by atoms with Gasteiger partial charge in [-0.05, 0) is 47.5 Å². The molecule has 0 radical (unpaired) electrons. The topological polar surface area (TPSA) is 18.5 Å². The third-order valence-electron chi connectivity index (χ3n) is 4.26. The maximum absolute atomic E-state index is 14.0. The number of hydrogen-bond donors (Lipinski definition) is 0. The predicted octanol–water partition coefficient (Wildman–Crippen LogP) is 7.79. The summed E-state index contributed by atoms with van der Waals surface area (Å²) in [6, 6.07) is 16.3. The van der Waals surface area contributed by atoms with Gasteiger partial charge in [0.15, 0.2) is 11.6 Å². The minimum atomic E-state index is -4.54. The van der Waals surface area contributed by atoms with Crippen molar-refractivity contribution in [3.05, 3.63) is 93.7 Å². The van der Waals surface area contributed by atoms with Crippen LogP contribution in [0.5, 0.6) is 11.5 Å². The first-order valence-electron chi connectivity index (χ1n) is 8.85. The van der Waals surface area contributed by atoms with Crippen molar-refractivity contribution in [2.75, 3.05) is 6.61 Å². The molecule has 3 aromatic carbocycles. The van der Waals surface area contributed by atoms with Gasteiger partial charge in [-0.3, -0.25) is 0 Å². The minimum absolute atomic E-state index is 0.0321.